The fraction of sp³-hybridized carbons (Fsp3) is 0.526. The largest absolute Gasteiger partial charge is 0.493 e. The highest BCUT2D eigenvalue weighted by Crippen LogP contribution is 2.24. The molecule has 22 heavy (non-hydrogen) atoms. The van der Waals surface area contributed by atoms with Crippen molar-refractivity contribution >= 4 is 12.0 Å². The second-order valence-electron chi connectivity index (χ2n) is 6.10. The van der Waals surface area contributed by atoms with Crippen molar-refractivity contribution in [2.75, 3.05) is 6.61 Å². The van der Waals surface area contributed by atoms with Crippen molar-refractivity contribution in [3.8, 4) is 5.75 Å². The standard InChI is InChI=1S/C19H27NO2/c1-3-14-22-18-11-7-5-9-16(18)12-13-19(21)20-17-10-6-4-8-15(17)2/h5,7,9,11-13,15,17H,3-4,6,8,10,14H2,1-2H3,(H,20,21)/b13-12+. The summed E-state index contributed by atoms with van der Waals surface area (Å²) in [6, 6.07) is 8.14. The smallest absolute Gasteiger partial charge is 0.244 e. The van der Waals surface area contributed by atoms with Gasteiger partial charge in [-0.1, -0.05) is 44.9 Å². The number of amides is 1. The molecule has 2 rings (SSSR count). The number of hydrogen-bond donors (Lipinski definition) is 1. The minimum absolute atomic E-state index is 0.0101. The molecule has 2 atom stereocenters. The Hall–Kier alpha value is -1.77. The van der Waals surface area contributed by atoms with Gasteiger partial charge >= 0.3 is 0 Å². The monoisotopic (exact) mass is 301 g/mol. The first kappa shape index (κ1) is 16.6. The summed E-state index contributed by atoms with van der Waals surface area (Å²) in [4.78, 5) is 12.1. The van der Waals surface area contributed by atoms with E-state index in [0.29, 0.717) is 18.6 Å². The number of carbonyl (C=O) groups excluding carboxylic acids is 1. The lowest BCUT2D eigenvalue weighted by Gasteiger charge is -2.29. The molecule has 0 bridgehead atoms. The maximum atomic E-state index is 12.1. The van der Waals surface area contributed by atoms with Crippen LogP contribution >= 0.6 is 0 Å². The van der Waals surface area contributed by atoms with E-state index in [-0.39, 0.29) is 5.91 Å². The lowest BCUT2D eigenvalue weighted by Crippen LogP contribution is -2.40. The number of ether oxygens (including phenoxy) is 1. The molecule has 0 heterocycles. The number of hydrogen-bond acceptors (Lipinski definition) is 2. The summed E-state index contributed by atoms with van der Waals surface area (Å²) in [7, 11) is 0. The van der Waals surface area contributed by atoms with Crippen molar-refractivity contribution < 1.29 is 9.53 Å². The van der Waals surface area contributed by atoms with Crippen molar-refractivity contribution in [3.05, 3.63) is 35.9 Å². The van der Waals surface area contributed by atoms with Gasteiger partial charge in [0, 0.05) is 17.7 Å². The second kappa shape index (κ2) is 8.62. The molecule has 0 aliphatic heterocycles. The summed E-state index contributed by atoms with van der Waals surface area (Å²) >= 11 is 0. The molecule has 1 amide bonds. The van der Waals surface area contributed by atoms with Gasteiger partial charge in [-0.2, -0.15) is 0 Å². The predicted molar refractivity (Wildman–Crippen MR) is 90.8 cm³/mol. The van der Waals surface area contributed by atoms with Crippen LogP contribution in [0.4, 0.5) is 0 Å². The molecule has 0 radical (unpaired) electrons. The maximum absolute atomic E-state index is 12.1. The molecular formula is C19H27NO2. The van der Waals surface area contributed by atoms with Gasteiger partial charge in [0.2, 0.25) is 5.91 Å². The lowest BCUT2D eigenvalue weighted by molar-refractivity contribution is -0.117. The van der Waals surface area contributed by atoms with Gasteiger partial charge < -0.3 is 10.1 Å². The molecule has 1 aromatic carbocycles. The molecular weight excluding hydrogens is 274 g/mol. The molecule has 120 valence electrons. The predicted octanol–water partition coefficient (Wildman–Crippen LogP) is 4.18. The minimum Gasteiger partial charge on any atom is -0.493 e. The Morgan fingerprint density at radius 3 is 2.86 bits per heavy atom. The van der Waals surface area contributed by atoms with Crippen LogP contribution in [0.2, 0.25) is 0 Å². The van der Waals surface area contributed by atoms with Crippen LogP contribution in [0.3, 0.4) is 0 Å². The summed E-state index contributed by atoms with van der Waals surface area (Å²) in [5, 5.41) is 3.13. The van der Waals surface area contributed by atoms with Crippen molar-refractivity contribution in [2.45, 2.75) is 52.0 Å². The number of nitrogens with one attached hydrogen (secondary N) is 1. The third kappa shape index (κ3) is 4.90. The Labute approximate surface area is 133 Å². The summed E-state index contributed by atoms with van der Waals surface area (Å²) < 4.78 is 5.70. The van der Waals surface area contributed by atoms with Crippen LogP contribution in [-0.4, -0.2) is 18.6 Å². The lowest BCUT2D eigenvalue weighted by atomic mass is 9.86. The summed E-state index contributed by atoms with van der Waals surface area (Å²) in [6.45, 7) is 5.00. The molecule has 0 aromatic heterocycles. The summed E-state index contributed by atoms with van der Waals surface area (Å²) in [6.07, 6.45) is 9.24. The molecule has 3 nitrogen and oxygen atoms in total. The number of rotatable bonds is 6. The average molecular weight is 301 g/mol. The van der Waals surface area contributed by atoms with Gasteiger partial charge in [-0.15, -0.1) is 0 Å². The SMILES string of the molecule is CCCOc1ccccc1/C=C/C(=O)NC1CCCCC1C. The van der Waals surface area contributed by atoms with E-state index in [9.17, 15) is 4.79 Å². The van der Waals surface area contributed by atoms with Gasteiger partial charge in [0.25, 0.3) is 0 Å². The average Bonchev–Trinajstić information content (AvgIpc) is 2.54. The molecule has 1 fully saturated rings. The molecule has 3 heteroatoms. The molecule has 1 aliphatic rings. The zero-order chi connectivity index (χ0) is 15.8. The topological polar surface area (TPSA) is 38.3 Å². The van der Waals surface area contributed by atoms with Gasteiger partial charge in [0.1, 0.15) is 5.75 Å². The fourth-order valence-electron chi connectivity index (χ4n) is 2.89. The second-order valence-corrected chi connectivity index (χ2v) is 6.10. The van der Waals surface area contributed by atoms with E-state index in [2.05, 4.69) is 19.2 Å². The van der Waals surface area contributed by atoms with E-state index < -0.39 is 0 Å². The molecule has 1 N–H and O–H groups in total. The molecule has 0 saturated heterocycles. The van der Waals surface area contributed by atoms with Crippen molar-refractivity contribution in [1.82, 2.24) is 5.32 Å². The Morgan fingerprint density at radius 1 is 1.32 bits per heavy atom. The third-order valence-corrected chi connectivity index (χ3v) is 4.23. The Kier molecular flexibility index (Phi) is 6.50. The van der Waals surface area contributed by atoms with Crippen molar-refractivity contribution in [1.29, 1.82) is 0 Å². The van der Waals surface area contributed by atoms with Crippen LogP contribution in [0.1, 0.15) is 51.5 Å². The van der Waals surface area contributed by atoms with Gasteiger partial charge in [-0.25, -0.2) is 0 Å². The van der Waals surface area contributed by atoms with Gasteiger partial charge in [0.15, 0.2) is 0 Å². The van der Waals surface area contributed by atoms with Crippen LogP contribution < -0.4 is 10.1 Å². The Bertz CT molecular complexity index is 510. The first-order valence-electron chi connectivity index (χ1n) is 8.41. The van der Waals surface area contributed by atoms with Crippen LogP contribution in [0, 0.1) is 5.92 Å². The normalized spacial score (nSPS) is 21.7. The van der Waals surface area contributed by atoms with Crippen molar-refractivity contribution in [3.63, 3.8) is 0 Å². The number of benzene rings is 1. The molecule has 1 saturated carbocycles. The van der Waals surface area contributed by atoms with E-state index in [1.807, 2.05) is 30.3 Å². The van der Waals surface area contributed by atoms with E-state index in [4.69, 9.17) is 4.74 Å². The van der Waals surface area contributed by atoms with E-state index >= 15 is 0 Å². The highest BCUT2D eigenvalue weighted by molar-refractivity contribution is 5.92. The highest BCUT2D eigenvalue weighted by atomic mass is 16.5. The number of carbonyl (C=O) groups is 1. The zero-order valence-corrected chi connectivity index (χ0v) is 13.7. The molecule has 1 aromatic rings. The van der Waals surface area contributed by atoms with Gasteiger partial charge in [-0.05, 0) is 37.3 Å². The summed E-state index contributed by atoms with van der Waals surface area (Å²) in [5.74, 6) is 1.40. The van der Waals surface area contributed by atoms with Gasteiger partial charge in [0.05, 0.1) is 6.61 Å². The molecule has 2 unspecified atom stereocenters. The quantitative estimate of drug-likeness (QED) is 0.800. The van der Waals surface area contributed by atoms with Crippen LogP contribution in [-0.2, 0) is 4.79 Å². The Balaban J connectivity index is 1.94. The number of para-hydroxylation sites is 1. The van der Waals surface area contributed by atoms with Crippen LogP contribution in [0.25, 0.3) is 6.08 Å². The maximum Gasteiger partial charge on any atom is 0.244 e. The van der Waals surface area contributed by atoms with E-state index in [1.165, 1.54) is 19.3 Å². The van der Waals surface area contributed by atoms with E-state index in [1.54, 1.807) is 6.08 Å². The zero-order valence-electron chi connectivity index (χ0n) is 13.7. The van der Waals surface area contributed by atoms with Crippen LogP contribution in [0.15, 0.2) is 30.3 Å². The highest BCUT2D eigenvalue weighted by Gasteiger charge is 2.21. The molecule has 1 aliphatic carbocycles. The Morgan fingerprint density at radius 2 is 2.09 bits per heavy atom. The minimum atomic E-state index is -0.0101. The third-order valence-electron chi connectivity index (χ3n) is 4.23. The van der Waals surface area contributed by atoms with Crippen molar-refractivity contribution in [2.24, 2.45) is 5.92 Å². The van der Waals surface area contributed by atoms with E-state index in [0.717, 1.165) is 24.2 Å². The molecule has 0 spiro atoms. The first-order chi connectivity index (χ1) is 10.7. The first-order valence-corrected chi connectivity index (χ1v) is 8.41. The fourth-order valence-corrected chi connectivity index (χ4v) is 2.89. The van der Waals surface area contributed by atoms with Crippen LogP contribution in [0.5, 0.6) is 5.75 Å². The summed E-state index contributed by atoms with van der Waals surface area (Å²) in [5.41, 5.74) is 0.947. The van der Waals surface area contributed by atoms with Gasteiger partial charge in [-0.3, -0.25) is 4.79 Å².